The summed E-state index contributed by atoms with van der Waals surface area (Å²) in [6, 6.07) is 15.2. The molecule has 0 aromatic heterocycles. The van der Waals surface area contributed by atoms with E-state index in [0.29, 0.717) is 5.56 Å². The molecule has 1 fully saturated rings. The summed E-state index contributed by atoms with van der Waals surface area (Å²) >= 11 is 0. The summed E-state index contributed by atoms with van der Waals surface area (Å²) in [5, 5.41) is 17.0. The molecule has 0 radical (unpaired) electrons. The number of hydrogen-bond donors (Lipinski definition) is 2. The number of carbonyl (C=O) groups is 3. The first-order valence-corrected chi connectivity index (χ1v) is 11.1. The molecule has 1 saturated heterocycles. The average Bonchev–Trinajstić information content (AvgIpc) is 2.89. The van der Waals surface area contributed by atoms with Crippen LogP contribution in [0.1, 0.15) is 27.6 Å². The molecule has 0 bridgehead atoms. The molecule has 2 aromatic carbocycles. The molecule has 0 unspecified atom stereocenters. The van der Waals surface area contributed by atoms with Crippen molar-refractivity contribution in [2.24, 2.45) is 5.11 Å². The third-order valence-electron chi connectivity index (χ3n) is 5.22. The lowest BCUT2D eigenvalue weighted by Gasteiger charge is -2.43. The van der Waals surface area contributed by atoms with Gasteiger partial charge in [-0.1, -0.05) is 41.5 Å². The predicted molar refractivity (Wildman–Crippen MR) is 125 cm³/mol. The SMILES string of the molecule is CC(=O)N[C@H]1[C@@H](OCCN=[N+]=[N-])O[C@H](COC(=O)c2ccccc2)[C@@H](O)[C@@H]1OC(=O)c1ccccc1. The molecule has 5 atom stereocenters. The maximum absolute atomic E-state index is 12.8. The second kappa shape index (κ2) is 13.2. The van der Waals surface area contributed by atoms with E-state index < -0.39 is 55.1 Å². The van der Waals surface area contributed by atoms with Gasteiger partial charge >= 0.3 is 11.9 Å². The van der Waals surface area contributed by atoms with Gasteiger partial charge in [-0.2, -0.15) is 0 Å². The van der Waals surface area contributed by atoms with Crippen LogP contribution < -0.4 is 5.32 Å². The maximum atomic E-state index is 12.8. The summed E-state index contributed by atoms with van der Waals surface area (Å²) in [5.74, 6) is -1.88. The number of rotatable bonds is 10. The van der Waals surface area contributed by atoms with Crippen molar-refractivity contribution in [3.05, 3.63) is 82.2 Å². The zero-order valence-electron chi connectivity index (χ0n) is 19.4. The molecule has 190 valence electrons. The molecular weight excluding hydrogens is 472 g/mol. The van der Waals surface area contributed by atoms with Gasteiger partial charge in [0.05, 0.1) is 17.7 Å². The Kier molecular flexibility index (Phi) is 9.78. The van der Waals surface area contributed by atoms with Crippen LogP contribution in [0, 0.1) is 0 Å². The second-order valence-electron chi connectivity index (χ2n) is 7.79. The highest BCUT2D eigenvalue weighted by atomic mass is 16.7. The summed E-state index contributed by atoms with van der Waals surface area (Å²) in [6.07, 6.45) is -5.20. The number of azide groups is 1. The minimum atomic E-state index is -1.49. The summed E-state index contributed by atoms with van der Waals surface area (Å²) < 4.78 is 22.4. The van der Waals surface area contributed by atoms with Crippen molar-refractivity contribution in [2.45, 2.75) is 37.6 Å². The number of nitrogens with zero attached hydrogens (tertiary/aromatic N) is 3. The van der Waals surface area contributed by atoms with E-state index in [1.165, 1.54) is 19.1 Å². The molecule has 0 spiro atoms. The normalized spacial score (nSPS) is 23.1. The van der Waals surface area contributed by atoms with Gasteiger partial charge in [-0.15, -0.1) is 0 Å². The van der Waals surface area contributed by atoms with Crippen molar-refractivity contribution in [3.8, 4) is 0 Å². The van der Waals surface area contributed by atoms with Crippen LogP contribution in [-0.4, -0.2) is 73.4 Å². The molecule has 1 heterocycles. The number of esters is 2. The van der Waals surface area contributed by atoms with Crippen LogP contribution >= 0.6 is 0 Å². The maximum Gasteiger partial charge on any atom is 0.338 e. The Hall–Kier alpha value is -3.96. The highest BCUT2D eigenvalue weighted by molar-refractivity contribution is 5.90. The van der Waals surface area contributed by atoms with Gasteiger partial charge < -0.3 is 29.4 Å². The number of hydrogen-bond acceptors (Lipinski definition) is 9. The fourth-order valence-corrected chi connectivity index (χ4v) is 3.56. The molecule has 1 aliphatic heterocycles. The van der Waals surface area contributed by atoms with E-state index in [9.17, 15) is 19.5 Å². The van der Waals surface area contributed by atoms with Crippen LogP contribution in [0.3, 0.4) is 0 Å². The lowest BCUT2D eigenvalue weighted by Crippen LogP contribution is -2.65. The summed E-state index contributed by atoms with van der Waals surface area (Å²) in [6.45, 7) is 0.731. The van der Waals surface area contributed by atoms with E-state index >= 15 is 0 Å². The van der Waals surface area contributed by atoms with Gasteiger partial charge in [0.1, 0.15) is 24.9 Å². The molecule has 1 aliphatic rings. The van der Waals surface area contributed by atoms with Crippen molar-refractivity contribution in [1.29, 1.82) is 0 Å². The Morgan fingerprint density at radius 2 is 1.67 bits per heavy atom. The van der Waals surface area contributed by atoms with Crippen molar-refractivity contribution < 1.29 is 38.4 Å². The molecule has 2 aromatic rings. The molecular formula is C24H26N4O8. The highest BCUT2D eigenvalue weighted by Crippen LogP contribution is 2.26. The van der Waals surface area contributed by atoms with Crippen LogP contribution in [0.25, 0.3) is 10.4 Å². The zero-order chi connectivity index (χ0) is 25.9. The molecule has 0 aliphatic carbocycles. The van der Waals surface area contributed by atoms with Crippen LogP contribution in [0.5, 0.6) is 0 Å². The van der Waals surface area contributed by atoms with Gasteiger partial charge in [0.25, 0.3) is 0 Å². The summed E-state index contributed by atoms with van der Waals surface area (Å²) in [5.41, 5.74) is 9.02. The summed E-state index contributed by atoms with van der Waals surface area (Å²) in [4.78, 5) is 39.7. The highest BCUT2D eigenvalue weighted by Gasteiger charge is 2.49. The number of ether oxygens (including phenoxy) is 4. The number of benzene rings is 2. The van der Waals surface area contributed by atoms with E-state index in [2.05, 4.69) is 15.3 Å². The van der Waals surface area contributed by atoms with Crippen molar-refractivity contribution in [1.82, 2.24) is 5.32 Å². The van der Waals surface area contributed by atoms with Gasteiger partial charge in [-0.3, -0.25) is 4.79 Å². The number of nitrogens with one attached hydrogen (secondary N) is 1. The number of amides is 1. The van der Waals surface area contributed by atoms with Crippen LogP contribution in [0.15, 0.2) is 65.8 Å². The topological polar surface area (TPSA) is 169 Å². The van der Waals surface area contributed by atoms with E-state index in [1.807, 2.05) is 0 Å². The number of aliphatic hydroxyl groups excluding tert-OH is 1. The quantitative estimate of drug-likeness (QED) is 0.165. The number of aliphatic hydroxyl groups is 1. The zero-order valence-corrected chi connectivity index (χ0v) is 19.4. The molecule has 36 heavy (non-hydrogen) atoms. The predicted octanol–water partition coefficient (Wildman–Crippen LogP) is 1.99. The monoisotopic (exact) mass is 498 g/mol. The van der Waals surface area contributed by atoms with Gasteiger partial charge in [-0.05, 0) is 29.8 Å². The molecule has 12 nitrogen and oxygen atoms in total. The van der Waals surface area contributed by atoms with Gasteiger partial charge in [0, 0.05) is 18.4 Å². The molecule has 1 amide bonds. The molecule has 12 heteroatoms. The van der Waals surface area contributed by atoms with E-state index in [1.54, 1.807) is 48.5 Å². The van der Waals surface area contributed by atoms with E-state index in [0.717, 1.165) is 0 Å². The third-order valence-corrected chi connectivity index (χ3v) is 5.22. The Morgan fingerprint density at radius 1 is 1.06 bits per heavy atom. The van der Waals surface area contributed by atoms with Crippen LogP contribution in [0.4, 0.5) is 0 Å². The fourth-order valence-electron chi connectivity index (χ4n) is 3.56. The molecule has 2 N–H and O–H groups in total. The standard InChI is InChI=1S/C24H26N4O8/c1-15(29)27-19-21(36-23(32)17-10-6-3-7-11-17)20(30)18(35-24(19)33-13-12-26-28-25)14-34-22(31)16-8-4-2-5-9-16/h2-11,18-21,24,30H,12-14H2,1H3,(H,27,29)/t18-,19-,20-,21-,24+/m1/s1. The van der Waals surface area contributed by atoms with Crippen LogP contribution in [-0.2, 0) is 23.7 Å². The first kappa shape index (κ1) is 26.6. The third kappa shape index (κ3) is 7.27. The lowest BCUT2D eigenvalue weighted by molar-refractivity contribution is -0.268. The Morgan fingerprint density at radius 3 is 2.25 bits per heavy atom. The van der Waals surface area contributed by atoms with Crippen molar-refractivity contribution in [2.75, 3.05) is 19.8 Å². The van der Waals surface area contributed by atoms with E-state index in [4.69, 9.17) is 24.5 Å². The lowest BCUT2D eigenvalue weighted by atomic mass is 9.96. The smallest absolute Gasteiger partial charge is 0.338 e. The van der Waals surface area contributed by atoms with Gasteiger partial charge in [-0.25, -0.2) is 9.59 Å². The van der Waals surface area contributed by atoms with Crippen molar-refractivity contribution in [3.63, 3.8) is 0 Å². The molecule has 3 rings (SSSR count). The second-order valence-corrected chi connectivity index (χ2v) is 7.79. The number of carbonyl (C=O) groups excluding carboxylic acids is 3. The van der Waals surface area contributed by atoms with Gasteiger partial charge in [0.15, 0.2) is 12.4 Å². The average molecular weight is 498 g/mol. The minimum absolute atomic E-state index is 0.0339. The largest absolute Gasteiger partial charge is 0.459 e. The minimum Gasteiger partial charge on any atom is -0.459 e. The van der Waals surface area contributed by atoms with E-state index in [-0.39, 0.29) is 18.7 Å². The Balaban J connectivity index is 1.82. The molecule has 0 saturated carbocycles. The first-order valence-electron chi connectivity index (χ1n) is 11.1. The Bertz CT molecular complexity index is 1080. The van der Waals surface area contributed by atoms with Gasteiger partial charge in [0.2, 0.25) is 5.91 Å². The Labute approximate surface area is 206 Å². The van der Waals surface area contributed by atoms with Crippen LogP contribution in [0.2, 0.25) is 0 Å². The fraction of sp³-hybridized carbons (Fsp3) is 0.375. The summed E-state index contributed by atoms with van der Waals surface area (Å²) in [7, 11) is 0. The first-order chi connectivity index (χ1) is 17.4. The van der Waals surface area contributed by atoms with Crippen molar-refractivity contribution >= 4 is 17.8 Å².